The molecule has 1 aliphatic rings. The van der Waals surface area contributed by atoms with Gasteiger partial charge in [0.15, 0.2) is 0 Å². The van der Waals surface area contributed by atoms with Crippen molar-refractivity contribution in [1.29, 1.82) is 0 Å². The molecule has 1 aliphatic heterocycles. The molecule has 0 fully saturated rings. The smallest absolute Gasteiger partial charge is 0.308 e. The van der Waals surface area contributed by atoms with Gasteiger partial charge in [-0.25, -0.2) is 0 Å². The van der Waals surface area contributed by atoms with Crippen molar-refractivity contribution >= 4 is 17.8 Å². The number of aliphatic hydroxyl groups excluding tert-OH is 1. The van der Waals surface area contributed by atoms with Crippen molar-refractivity contribution in [3.63, 3.8) is 0 Å². The first-order valence-electron chi connectivity index (χ1n) is 5.43. The molecule has 0 radical (unpaired) electrons. The van der Waals surface area contributed by atoms with Crippen LogP contribution in [0.4, 0.5) is 0 Å². The Kier molecular flexibility index (Phi) is 4.84. The molecular formula is C11H15NO5. The van der Waals surface area contributed by atoms with Gasteiger partial charge in [-0.15, -0.1) is 0 Å². The van der Waals surface area contributed by atoms with Crippen molar-refractivity contribution in [2.45, 2.75) is 19.3 Å². The molecule has 94 valence electrons. The van der Waals surface area contributed by atoms with Gasteiger partial charge in [0.05, 0.1) is 12.5 Å². The molecule has 0 saturated heterocycles. The summed E-state index contributed by atoms with van der Waals surface area (Å²) < 4.78 is 0. The van der Waals surface area contributed by atoms with Crippen molar-refractivity contribution in [1.82, 2.24) is 4.90 Å². The fourth-order valence-electron chi connectivity index (χ4n) is 1.61. The number of aliphatic hydroxyl groups is 1. The molecule has 0 aromatic carbocycles. The molecule has 1 atom stereocenters. The number of carbonyl (C=O) groups excluding carboxylic acids is 2. The Balaban J connectivity index is 2.22. The lowest BCUT2D eigenvalue weighted by atomic mass is 10.0. The Labute approximate surface area is 98.5 Å². The minimum absolute atomic E-state index is 0.294. The van der Waals surface area contributed by atoms with Crippen LogP contribution in [0.2, 0.25) is 0 Å². The molecule has 0 spiro atoms. The lowest BCUT2D eigenvalue weighted by molar-refractivity contribution is -0.143. The van der Waals surface area contributed by atoms with Gasteiger partial charge in [-0.3, -0.25) is 19.3 Å². The number of amides is 2. The molecule has 1 unspecified atom stereocenters. The van der Waals surface area contributed by atoms with Crippen LogP contribution in [0.3, 0.4) is 0 Å². The Bertz CT molecular complexity index is 332. The van der Waals surface area contributed by atoms with Gasteiger partial charge in [0.1, 0.15) is 0 Å². The van der Waals surface area contributed by atoms with E-state index >= 15 is 0 Å². The Morgan fingerprint density at radius 3 is 2.29 bits per heavy atom. The summed E-state index contributed by atoms with van der Waals surface area (Å²) in [6.45, 7) is -0.0963. The number of carbonyl (C=O) groups is 3. The monoisotopic (exact) mass is 241 g/mol. The second-order valence-corrected chi connectivity index (χ2v) is 3.87. The number of nitrogens with zero attached hydrogens (tertiary/aromatic N) is 1. The van der Waals surface area contributed by atoms with Crippen LogP contribution in [0.1, 0.15) is 19.3 Å². The van der Waals surface area contributed by atoms with Gasteiger partial charge in [0, 0.05) is 18.7 Å². The van der Waals surface area contributed by atoms with Gasteiger partial charge in [0.25, 0.3) is 11.8 Å². The Morgan fingerprint density at radius 1 is 1.24 bits per heavy atom. The molecule has 6 nitrogen and oxygen atoms in total. The maximum atomic E-state index is 11.2. The zero-order chi connectivity index (χ0) is 12.8. The van der Waals surface area contributed by atoms with Crippen LogP contribution in [0.25, 0.3) is 0 Å². The van der Waals surface area contributed by atoms with Gasteiger partial charge >= 0.3 is 5.97 Å². The molecule has 0 bridgehead atoms. The molecule has 0 aromatic heterocycles. The fraction of sp³-hybridized carbons (Fsp3) is 0.545. The van der Waals surface area contributed by atoms with E-state index in [1.54, 1.807) is 0 Å². The second kappa shape index (κ2) is 6.15. The number of rotatable bonds is 7. The predicted molar refractivity (Wildman–Crippen MR) is 57.9 cm³/mol. The largest absolute Gasteiger partial charge is 0.481 e. The molecule has 0 aliphatic carbocycles. The summed E-state index contributed by atoms with van der Waals surface area (Å²) in [5.41, 5.74) is 0. The quantitative estimate of drug-likeness (QED) is 0.474. The van der Waals surface area contributed by atoms with Crippen molar-refractivity contribution in [2.24, 2.45) is 5.92 Å². The number of hydrogen-bond acceptors (Lipinski definition) is 4. The summed E-state index contributed by atoms with van der Waals surface area (Å²) in [5, 5.41) is 17.5. The second-order valence-electron chi connectivity index (χ2n) is 3.87. The van der Waals surface area contributed by atoms with Crippen LogP contribution < -0.4 is 0 Å². The number of unbranched alkanes of at least 4 members (excludes halogenated alkanes) is 1. The first-order valence-corrected chi connectivity index (χ1v) is 5.43. The molecule has 1 heterocycles. The summed E-state index contributed by atoms with van der Waals surface area (Å²) in [6, 6.07) is 0. The number of aliphatic carboxylic acids is 1. The minimum Gasteiger partial charge on any atom is -0.481 e. The van der Waals surface area contributed by atoms with Gasteiger partial charge < -0.3 is 10.2 Å². The molecule has 0 saturated carbocycles. The molecule has 2 amide bonds. The van der Waals surface area contributed by atoms with Crippen LogP contribution in [0.5, 0.6) is 0 Å². The van der Waals surface area contributed by atoms with Crippen molar-refractivity contribution in [3.05, 3.63) is 12.2 Å². The van der Waals surface area contributed by atoms with E-state index in [2.05, 4.69) is 0 Å². The van der Waals surface area contributed by atoms with Gasteiger partial charge in [-0.1, -0.05) is 6.42 Å². The number of carboxylic acid groups (broad SMARTS) is 1. The van der Waals surface area contributed by atoms with E-state index < -0.39 is 18.5 Å². The minimum atomic E-state index is -1.03. The predicted octanol–water partition coefficient (Wildman–Crippen LogP) is -0.225. The third-order valence-electron chi connectivity index (χ3n) is 2.65. The van der Waals surface area contributed by atoms with E-state index in [1.165, 1.54) is 12.2 Å². The summed E-state index contributed by atoms with van der Waals surface area (Å²) in [5.74, 6) is -2.44. The first-order chi connectivity index (χ1) is 8.06. The third-order valence-corrected chi connectivity index (χ3v) is 2.65. The molecule has 0 aromatic rings. The van der Waals surface area contributed by atoms with Gasteiger partial charge in [-0.05, 0) is 12.8 Å². The highest BCUT2D eigenvalue weighted by Crippen LogP contribution is 2.11. The number of carboxylic acids is 1. The molecule has 2 N–H and O–H groups in total. The van der Waals surface area contributed by atoms with E-state index in [1.807, 2.05) is 0 Å². The highest BCUT2D eigenvalue weighted by molar-refractivity contribution is 6.12. The van der Waals surface area contributed by atoms with Crippen LogP contribution in [0.15, 0.2) is 12.2 Å². The average molecular weight is 241 g/mol. The third kappa shape index (κ3) is 3.67. The van der Waals surface area contributed by atoms with Crippen LogP contribution in [-0.2, 0) is 14.4 Å². The molecule has 6 heteroatoms. The van der Waals surface area contributed by atoms with Crippen LogP contribution in [-0.4, -0.2) is 46.0 Å². The zero-order valence-electron chi connectivity index (χ0n) is 9.33. The molecular weight excluding hydrogens is 226 g/mol. The van der Waals surface area contributed by atoms with E-state index in [-0.39, 0.29) is 11.8 Å². The summed E-state index contributed by atoms with van der Waals surface area (Å²) in [6.07, 6.45) is 3.87. The van der Waals surface area contributed by atoms with E-state index in [9.17, 15) is 14.4 Å². The van der Waals surface area contributed by atoms with E-state index in [0.717, 1.165) is 4.90 Å². The molecule has 17 heavy (non-hydrogen) atoms. The zero-order valence-corrected chi connectivity index (χ0v) is 9.33. The van der Waals surface area contributed by atoms with Gasteiger partial charge in [-0.2, -0.15) is 0 Å². The van der Waals surface area contributed by atoms with E-state index in [0.29, 0.717) is 25.8 Å². The van der Waals surface area contributed by atoms with Crippen LogP contribution in [0, 0.1) is 5.92 Å². The highest BCUT2D eigenvalue weighted by atomic mass is 16.4. The maximum Gasteiger partial charge on any atom is 0.308 e. The van der Waals surface area contributed by atoms with E-state index in [4.69, 9.17) is 10.2 Å². The van der Waals surface area contributed by atoms with Crippen LogP contribution >= 0.6 is 0 Å². The Hall–Kier alpha value is -1.69. The normalized spacial score (nSPS) is 16.6. The Morgan fingerprint density at radius 2 is 1.82 bits per heavy atom. The fourth-order valence-corrected chi connectivity index (χ4v) is 1.61. The van der Waals surface area contributed by atoms with Crippen molar-refractivity contribution < 1.29 is 24.6 Å². The number of hydrogen-bond donors (Lipinski definition) is 2. The lowest BCUT2D eigenvalue weighted by Gasteiger charge is -2.14. The lowest BCUT2D eigenvalue weighted by Crippen LogP contribution is -2.31. The van der Waals surface area contributed by atoms with Gasteiger partial charge in [0.2, 0.25) is 0 Å². The summed E-state index contributed by atoms with van der Waals surface area (Å²) >= 11 is 0. The first kappa shape index (κ1) is 13.4. The SMILES string of the molecule is O=C(O)C(CO)CCCCN1C(=O)C=CC1=O. The van der Waals surface area contributed by atoms with Crippen molar-refractivity contribution in [2.75, 3.05) is 13.2 Å². The highest BCUT2D eigenvalue weighted by Gasteiger charge is 2.22. The summed E-state index contributed by atoms with van der Waals surface area (Å²) in [7, 11) is 0. The molecule has 1 rings (SSSR count). The maximum absolute atomic E-state index is 11.2. The topological polar surface area (TPSA) is 94.9 Å². The average Bonchev–Trinajstić information content (AvgIpc) is 2.59. The standard InChI is InChI=1S/C11H15NO5/c13-7-8(11(16)17)3-1-2-6-12-9(14)4-5-10(12)15/h4-5,8,13H,1-3,6-7H2,(H,16,17). The summed E-state index contributed by atoms with van der Waals surface area (Å²) in [4.78, 5) is 34.0. The van der Waals surface area contributed by atoms with Crippen molar-refractivity contribution in [3.8, 4) is 0 Å². The number of imide groups is 1.